The maximum atomic E-state index is 12.8. The number of carbonyl (C=O) groups excluding carboxylic acids is 1. The van der Waals surface area contributed by atoms with Crippen LogP contribution in [0.25, 0.3) is 0 Å². The molecule has 2 heterocycles. The number of ether oxygens (including phenoxy) is 1. The molecule has 4 rings (SSSR count). The summed E-state index contributed by atoms with van der Waals surface area (Å²) >= 11 is 0. The second kappa shape index (κ2) is 8.13. The van der Waals surface area contributed by atoms with Crippen molar-refractivity contribution >= 4 is 17.3 Å². The number of aromatic nitrogens is 1. The Hall–Kier alpha value is -3.34. The molecule has 5 heteroatoms. The highest BCUT2D eigenvalue weighted by Gasteiger charge is 2.25. The second-order valence-electron chi connectivity index (χ2n) is 6.79. The highest BCUT2D eigenvalue weighted by molar-refractivity contribution is 6.06. The van der Waals surface area contributed by atoms with Gasteiger partial charge in [-0.3, -0.25) is 4.79 Å². The summed E-state index contributed by atoms with van der Waals surface area (Å²) in [5, 5.41) is 3.35. The lowest BCUT2D eigenvalue weighted by Crippen LogP contribution is -2.29. The van der Waals surface area contributed by atoms with E-state index in [2.05, 4.69) is 28.5 Å². The third-order valence-electron chi connectivity index (χ3n) is 5.02. The van der Waals surface area contributed by atoms with Gasteiger partial charge < -0.3 is 15.0 Å². The van der Waals surface area contributed by atoms with Crippen LogP contribution in [0, 0.1) is 0 Å². The third-order valence-corrected chi connectivity index (χ3v) is 5.02. The van der Waals surface area contributed by atoms with E-state index >= 15 is 0 Å². The average Bonchev–Trinajstić information content (AvgIpc) is 3.18. The molecule has 1 N–H and O–H groups in total. The number of carbonyl (C=O) groups is 1. The summed E-state index contributed by atoms with van der Waals surface area (Å²) in [5.74, 6) is 0.816. The predicted octanol–water partition coefficient (Wildman–Crippen LogP) is 3.95. The van der Waals surface area contributed by atoms with Crippen LogP contribution in [0.2, 0.25) is 0 Å². The van der Waals surface area contributed by atoms with Crippen LogP contribution in [-0.4, -0.2) is 31.1 Å². The van der Waals surface area contributed by atoms with E-state index < -0.39 is 0 Å². The van der Waals surface area contributed by atoms with Crippen LogP contribution in [0.15, 0.2) is 66.9 Å². The van der Waals surface area contributed by atoms with Gasteiger partial charge in [-0.1, -0.05) is 30.3 Å². The fourth-order valence-electron chi connectivity index (χ4n) is 3.46. The van der Waals surface area contributed by atoms with E-state index in [4.69, 9.17) is 4.74 Å². The number of anilines is 2. The number of para-hydroxylation sites is 1. The van der Waals surface area contributed by atoms with Crippen molar-refractivity contribution in [1.82, 2.24) is 4.98 Å². The summed E-state index contributed by atoms with van der Waals surface area (Å²) in [5.41, 5.74) is 4.83. The fraction of sp³-hybridized carbons (Fsp3) is 0.217. The van der Waals surface area contributed by atoms with E-state index in [0.29, 0.717) is 12.2 Å². The van der Waals surface area contributed by atoms with Crippen molar-refractivity contribution in [3.05, 3.63) is 83.7 Å². The first-order valence-electron chi connectivity index (χ1n) is 9.47. The van der Waals surface area contributed by atoms with Crippen LogP contribution >= 0.6 is 0 Å². The van der Waals surface area contributed by atoms with E-state index in [9.17, 15) is 4.79 Å². The van der Waals surface area contributed by atoms with Crippen LogP contribution in [0.5, 0.6) is 5.75 Å². The highest BCUT2D eigenvalue weighted by atomic mass is 16.5. The Balaban J connectivity index is 1.34. The minimum Gasteiger partial charge on any atom is -0.497 e. The monoisotopic (exact) mass is 373 g/mol. The summed E-state index contributed by atoms with van der Waals surface area (Å²) < 4.78 is 5.17. The molecular formula is C23H23N3O2. The number of amides is 1. The van der Waals surface area contributed by atoms with Crippen LogP contribution in [-0.2, 0) is 12.8 Å². The summed E-state index contributed by atoms with van der Waals surface area (Å²) in [7, 11) is 1.67. The zero-order valence-corrected chi connectivity index (χ0v) is 15.9. The molecule has 0 radical (unpaired) electrons. The molecule has 0 saturated heterocycles. The maximum absolute atomic E-state index is 12.8. The minimum absolute atomic E-state index is 0.0465. The summed E-state index contributed by atoms with van der Waals surface area (Å²) in [4.78, 5) is 19.0. The van der Waals surface area contributed by atoms with E-state index in [1.54, 1.807) is 19.4 Å². The van der Waals surface area contributed by atoms with Crippen molar-refractivity contribution in [2.75, 3.05) is 30.4 Å². The molecule has 0 saturated carbocycles. The number of hydrogen-bond acceptors (Lipinski definition) is 4. The Labute approximate surface area is 165 Å². The molecule has 5 nitrogen and oxygen atoms in total. The lowest BCUT2D eigenvalue weighted by molar-refractivity contribution is 0.0984. The molecule has 0 aliphatic carbocycles. The number of hydrogen-bond donors (Lipinski definition) is 1. The molecule has 1 aliphatic heterocycles. The van der Waals surface area contributed by atoms with Gasteiger partial charge in [0.1, 0.15) is 11.4 Å². The van der Waals surface area contributed by atoms with Crippen molar-refractivity contribution in [3.8, 4) is 5.75 Å². The number of fused-ring (bicyclic) bond motifs is 1. The number of rotatable bonds is 6. The van der Waals surface area contributed by atoms with E-state index in [-0.39, 0.29) is 5.91 Å². The van der Waals surface area contributed by atoms with E-state index in [0.717, 1.165) is 36.5 Å². The largest absolute Gasteiger partial charge is 0.497 e. The lowest BCUT2D eigenvalue weighted by Gasteiger charge is -2.17. The summed E-state index contributed by atoms with van der Waals surface area (Å²) in [6.07, 6.45) is 3.52. The maximum Gasteiger partial charge on any atom is 0.276 e. The van der Waals surface area contributed by atoms with Crippen molar-refractivity contribution < 1.29 is 9.53 Å². The SMILES string of the molecule is COc1ccc(CCNc2ccc(C(=O)N3CCc4ccccc43)nc2)cc1. The van der Waals surface area contributed by atoms with Gasteiger partial charge in [-0.2, -0.15) is 0 Å². The normalized spacial score (nSPS) is 12.5. The Bertz CT molecular complexity index is 952. The molecule has 1 aromatic heterocycles. The van der Waals surface area contributed by atoms with Gasteiger partial charge in [0.05, 0.1) is 19.0 Å². The molecule has 28 heavy (non-hydrogen) atoms. The van der Waals surface area contributed by atoms with Gasteiger partial charge in [-0.05, 0) is 54.3 Å². The Morgan fingerprint density at radius 3 is 2.68 bits per heavy atom. The molecule has 0 spiro atoms. The quantitative estimate of drug-likeness (QED) is 0.711. The molecule has 1 amide bonds. The number of methoxy groups -OCH3 is 1. The number of benzene rings is 2. The third kappa shape index (κ3) is 3.83. The molecule has 0 bridgehead atoms. The van der Waals surface area contributed by atoms with Gasteiger partial charge in [0.25, 0.3) is 5.91 Å². The molecule has 2 aromatic carbocycles. The number of pyridine rings is 1. The van der Waals surface area contributed by atoms with Crippen molar-refractivity contribution in [2.24, 2.45) is 0 Å². The van der Waals surface area contributed by atoms with Gasteiger partial charge in [0.15, 0.2) is 0 Å². The zero-order valence-electron chi connectivity index (χ0n) is 15.9. The second-order valence-corrected chi connectivity index (χ2v) is 6.79. The van der Waals surface area contributed by atoms with E-state index in [1.165, 1.54) is 11.1 Å². The summed E-state index contributed by atoms with van der Waals surface area (Å²) in [6, 6.07) is 19.8. The Morgan fingerprint density at radius 1 is 1.11 bits per heavy atom. The highest BCUT2D eigenvalue weighted by Crippen LogP contribution is 2.28. The molecule has 0 atom stereocenters. The Morgan fingerprint density at radius 2 is 1.93 bits per heavy atom. The molecule has 142 valence electrons. The van der Waals surface area contributed by atoms with Crippen molar-refractivity contribution in [1.29, 1.82) is 0 Å². The smallest absolute Gasteiger partial charge is 0.276 e. The van der Waals surface area contributed by atoms with Crippen LogP contribution in [0.3, 0.4) is 0 Å². The van der Waals surface area contributed by atoms with Crippen LogP contribution in [0.4, 0.5) is 11.4 Å². The topological polar surface area (TPSA) is 54.5 Å². The molecule has 1 aliphatic rings. The van der Waals surface area contributed by atoms with Gasteiger partial charge in [-0.25, -0.2) is 4.98 Å². The Kier molecular flexibility index (Phi) is 5.24. The van der Waals surface area contributed by atoms with E-state index in [1.807, 2.05) is 41.3 Å². The zero-order chi connectivity index (χ0) is 19.3. The van der Waals surface area contributed by atoms with Crippen molar-refractivity contribution in [2.45, 2.75) is 12.8 Å². The first kappa shape index (κ1) is 18.0. The first-order valence-corrected chi connectivity index (χ1v) is 9.47. The predicted molar refractivity (Wildman–Crippen MR) is 111 cm³/mol. The fourth-order valence-corrected chi connectivity index (χ4v) is 3.46. The van der Waals surface area contributed by atoms with Gasteiger partial charge >= 0.3 is 0 Å². The van der Waals surface area contributed by atoms with Gasteiger partial charge in [-0.15, -0.1) is 0 Å². The lowest BCUT2D eigenvalue weighted by atomic mass is 10.1. The molecule has 0 unspecified atom stereocenters. The molecular weight excluding hydrogens is 350 g/mol. The van der Waals surface area contributed by atoms with Crippen LogP contribution in [0.1, 0.15) is 21.6 Å². The number of nitrogens with one attached hydrogen (secondary N) is 1. The minimum atomic E-state index is -0.0465. The number of nitrogens with zero attached hydrogens (tertiary/aromatic N) is 2. The standard InChI is InChI=1S/C23H23N3O2/c1-28-20-9-6-17(7-10-20)12-14-24-19-8-11-21(25-16-19)23(27)26-15-13-18-4-2-3-5-22(18)26/h2-11,16,24H,12-15H2,1H3. The molecule has 0 fully saturated rings. The van der Waals surface area contributed by atoms with Gasteiger partial charge in [0.2, 0.25) is 0 Å². The summed E-state index contributed by atoms with van der Waals surface area (Å²) in [6.45, 7) is 1.50. The first-order chi connectivity index (χ1) is 13.7. The van der Waals surface area contributed by atoms with Crippen molar-refractivity contribution in [3.63, 3.8) is 0 Å². The van der Waals surface area contributed by atoms with Crippen LogP contribution < -0.4 is 15.0 Å². The molecule has 3 aromatic rings. The van der Waals surface area contributed by atoms with Gasteiger partial charge in [0, 0.05) is 18.8 Å². The average molecular weight is 373 g/mol.